The molecule has 0 radical (unpaired) electrons. The Bertz CT molecular complexity index is 1330. The van der Waals surface area contributed by atoms with E-state index >= 15 is 0 Å². The van der Waals surface area contributed by atoms with Gasteiger partial charge in [0.1, 0.15) is 17.6 Å². The second-order valence-corrected chi connectivity index (χ2v) is 8.64. The van der Waals surface area contributed by atoms with Crippen molar-refractivity contribution in [3.8, 4) is 11.3 Å². The molecule has 2 N–H and O–H groups in total. The Hall–Kier alpha value is -4.16. The molecule has 36 heavy (non-hydrogen) atoms. The van der Waals surface area contributed by atoms with E-state index in [0.29, 0.717) is 42.4 Å². The molecule has 3 amide bonds. The summed E-state index contributed by atoms with van der Waals surface area (Å²) in [4.78, 5) is 41.9. The van der Waals surface area contributed by atoms with Crippen molar-refractivity contribution in [3.05, 3.63) is 48.2 Å². The highest BCUT2D eigenvalue weighted by atomic mass is 19.4. The number of hydrogen-bond acceptors (Lipinski definition) is 7. The number of halogens is 3. The first kappa shape index (κ1) is 23.6. The van der Waals surface area contributed by atoms with Crippen molar-refractivity contribution in [2.75, 3.05) is 28.2 Å². The van der Waals surface area contributed by atoms with Gasteiger partial charge < -0.3 is 14.6 Å². The smallest absolute Gasteiger partial charge is 0.408 e. The first-order valence-corrected chi connectivity index (χ1v) is 11.2. The van der Waals surface area contributed by atoms with E-state index in [2.05, 4.69) is 20.3 Å². The van der Waals surface area contributed by atoms with Crippen LogP contribution in [-0.4, -0.2) is 58.2 Å². The van der Waals surface area contributed by atoms with Gasteiger partial charge in [0, 0.05) is 31.8 Å². The number of aryl methyl sites for hydroxylation is 1. The van der Waals surface area contributed by atoms with Gasteiger partial charge >= 0.3 is 12.2 Å². The predicted molar refractivity (Wildman–Crippen MR) is 124 cm³/mol. The Labute approximate surface area is 203 Å². The number of carbonyl (C=O) groups is 2. The minimum atomic E-state index is -4.59. The van der Waals surface area contributed by atoms with Crippen LogP contribution in [0.25, 0.3) is 11.3 Å². The van der Waals surface area contributed by atoms with Crippen LogP contribution in [0, 0.1) is 6.92 Å². The number of nitrogens with one attached hydrogen (secondary N) is 2. The first-order valence-electron chi connectivity index (χ1n) is 11.2. The summed E-state index contributed by atoms with van der Waals surface area (Å²) in [5.41, 5.74) is 1.08. The Morgan fingerprint density at radius 3 is 2.75 bits per heavy atom. The Morgan fingerprint density at radius 1 is 1.22 bits per heavy atom. The van der Waals surface area contributed by atoms with Crippen LogP contribution >= 0.6 is 0 Å². The van der Waals surface area contributed by atoms with Crippen molar-refractivity contribution < 1.29 is 27.2 Å². The van der Waals surface area contributed by atoms with E-state index in [1.807, 2.05) is 10.2 Å². The zero-order valence-electron chi connectivity index (χ0n) is 19.3. The van der Waals surface area contributed by atoms with Crippen molar-refractivity contribution in [2.45, 2.75) is 38.5 Å². The SMILES string of the molecule is Cc1ncc(-c2ccnc(NC(=O)N3c4nc(C(=O)N[C@H](C)C(F)(F)F)ccc4N4CCC3C4)c2)o1. The van der Waals surface area contributed by atoms with Crippen molar-refractivity contribution >= 4 is 29.3 Å². The monoisotopic (exact) mass is 501 g/mol. The van der Waals surface area contributed by atoms with Gasteiger partial charge in [-0.25, -0.2) is 19.7 Å². The molecule has 13 heteroatoms. The molecule has 5 heterocycles. The molecular formula is C23H22F3N7O3. The van der Waals surface area contributed by atoms with E-state index in [1.165, 1.54) is 17.2 Å². The van der Waals surface area contributed by atoms with Gasteiger partial charge in [0.2, 0.25) is 0 Å². The molecule has 10 nitrogen and oxygen atoms in total. The molecular weight excluding hydrogens is 479 g/mol. The van der Waals surface area contributed by atoms with E-state index in [9.17, 15) is 22.8 Å². The van der Waals surface area contributed by atoms with Gasteiger partial charge in [-0.3, -0.25) is 15.0 Å². The Morgan fingerprint density at radius 2 is 2.03 bits per heavy atom. The number of amides is 3. The van der Waals surface area contributed by atoms with Gasteiger partial charge in [0.25, 0.3) is 5.91 Å². The first-order chi connectivity index (χ1) is 17.1. The second-order valence-electron chi connectivity index (χ2n) is 8.64. The molecule has 1 unspecified atom stereocenters. The normalized spacial score (nSPS) is 17.5. The van der Waals surface area contributed by atoms with Crippen LogP contribution in [0.5, 0.6) is 0 Å². The fourth-order valence-corrected chi connectivity index (χ4v) is 4.27. The summed E-state index contributed by atoms with van der Waals surface area (Å²) in [6.45, 7) is 3.82. The number of aromatic nitrogens is 3. The lowest BCUT2D eigenvalue weighted by Gasteiger charge is -2.35. The summed E-state index contributed by atoms with van der Waals surface area (Å²) >= 11 is 0. The summed E-state index contributed by atoms with van der Waals surface area (Å²) in [5.74, 6) is 0.508. The topological polar surface area (TPSA) is 116 Å². The molecule has 3 aromatic heterocycles. The third-order valence-electron chi connectivity index (χ3n) is 6.14. The van der Waals surface area contributed by atoms with Crippen LogP contribution in [0.2, 0.25) is 0 Å². The van der Waals surface area contributed by atoms with E-state index in [0.717, 1.165) is 6.92 Å². The largest absolute Gasteiger partial charge is 0.441 e. The third-order valence-corrected chi connectivity index (χ3v) is 6.14. The highest BCUT2D eigenvalue weighted by molar-refractivity contribution is 6.05. The van der Waals surface area contributed by atoms with Crippen LogP contribution in [-0.2, 0) is 0 Å². The van der Waals surface area contributed by atoms with E-state index in [4.69, 9.17) is 4.42 Å². The lowest BCUT2D eigenvalue weighted by atomic mass is 10.1. The minimum Gasteiger partial charge on any atom is -0.441 e. The molecule has 1 fully saturated rings. The fourth-order valence-electron chi connectivity index (χ4n) is 4.27. The highest BCUT2D eigenvalue weighted by Gasteiger charge is 2.41. The van der Waals surface area contributed by atoms with Crippen LogP contribution in [0.3, 0.4) is 0 Å². The third kappa shape index (κ3) is 4.43. The fraction of sp³-hybridized carbons (Fsp3) is 0.348. The predicted octanol–water partition coefficient (Wildman–Crippen LogP) is 3.75. The molecule has 0 aliphatic carbocycles. The summed E-state index contributed by atoms with van der Waals surface area (Å²) in [5, 5.41) is 4.66. The van der Waals surface area contributed by atoms with Crippen LogP contribution in [0.4, 0.5) is 35.3 Å². The van der Waals surface area contributed by atoms with E-state index < -0.39 is 24.2 Å². The van der Waals surface area contributed by atoms with Gasteiger partial charge in [0.15, 0.2) is 17.5 Å². The Balaban J connectivity index is 1.41. The minimum absolute atomic E-state index is 0.204. The zero-order valence-corrected chi connectivity index (χ0v) is 19.3. The van der Waals surface area contributed by atoms with E-state index in [1.54, 1.807) is 31.3 Å². The molecule has 0 spiro atoms. The lowest BCUT2D eigenvalue weighted by molar-refractivity contribution is -0.149. The number of alkyl halides is 3. The van der Waals surface area contributed by atoms with Gasteiger partial charge in [-0.15, -0.1) is 0 Å². The highest BCUT2D eigenvalue weighted by Crippen LogP contribution is 2.39. The number of anilines is 3. The molecule has 0 saturated carbocycles. The number of hydrogen-bond donors (Lipinski definition) is 2. The number of pyridine rings is 2. The number of oxazole rings is 1. The van der Waals surface area contributed by atoms with Crippen LogP contribution in [0.1, 0.15) is 29.7 Å². The number of carbonyl (C=O) groups excluding carboxylic acids is 2. The second kappa shape index (κ2) is 8.81. The summed E-state index contributed by atoms with van der Waals surface area (Å²) < 4.78 is 44.2. The zero-order chi connectivity index (χ0) is 25.6. The standard InChI is InChI=1S/C23H22F3N7O3/c1-12(23(24,25)26)29-21(34)16-3-4-17-20(30-16)33(15-6-8-32(17)11-15)22(35)31-19-9-14(5-7-27-19)18-10-28-13(2)36-18/h3-5,7,9-10,12,15H,6,8,11H2,1-2H3,(H,29,34)(H,27,31,35)/t12-,15?/m1/s1. The molecule has 3 aromatic rings. The molecule has 0 aromatic carbocycles. The van der Waals surface area contributed by atoms with Gasteiger partial charge in [-0.1, -0.05) is 0 Å². The average molecular weight is 501 g/mol. The lowest BCUT2D eigenvalue weighted by Crippen LogP contribution is -2.49. The van der Waals surface area contributed by atoms with Gasteiger partial charge in [0.05, 0.1) is 17.9 Å². The average Bonchev–Trinajstić information content (AvgIpc) is 3.45. The van der Waals surface area contributed by atoms with Crippen molar-refractivity contribution in [2.24, 2.45) is 0 Å². The summed E-state index contributed by atoms with van der Waals surface area (Å²) in [6.07, 6.45) is -0.832. The van der Waals surface area contributed by atoms with Gasteiger partial charge in [-0.2, -0.15) is 13.2 Å². The van der Waals surface area contributed by atoms with E-state index in [-0.39, 0.29) is 23.4 Å². The quantitative estimate of drug-likeness (QED) is 0.559. The maximum absolute atomic E-state index is 13.4. The van der Waals surface area contributed by atoms with Crippen LogP contribution in [0.15, 0.2) is 41.1 Å². The number of rotatable bonds is 4. The molecule has 2 atom stereocenters. The number of nitrogens with zero attached hydrogens (tertiary/aromatic N) is 5. The molecule has 2 aliphatic rings. The van der Waals surface area contributed by atoms with Crippen molar-refractivity contribution in [3.63, 3.8) is 0 Å². The van der Waals surface area contributed by atoms with Crippen molar-refractivity contribution in [1.29, 1.82) is 0 Å². The number of fused-ring (bicyclic) bond motifs is 4. The summed E-state index contributed by atoms with van der Waals surface area (Å²) in [6, 6.07) is 3.52. The summed E-state index contributed by atoms with van der Waals surface area (Å²) in [7, 11) is 0. The molecule has 188 valence electrons. The molecule has 2 bridgehead atoms. The number of urea groups is 1. The Kier molecular flexibility index (Phi) is 5.77. The molecule has 1 saturated heterocycles. The molecule has 2 aliphatic heterocycles. The molecule has 5 rings (SSSR count). The van der Waals surface area contributed by atoms with Gasteiger partial charge in [-0.05, 0) is 37.6 Å². The maximum atomic E-state index is 13.4. The maximum Gasteiger partial charge on any atom is 0.408 e. The van der Waals surface area contributed by atoms with Crippen LogP contribution < -0.4 is 20.4 Å². The van der Waals surface area contributed by atoms with Crippen molar-refractivity contribution in [1.82, 2.24) is 20.3 Å².